The minimum absolute atomic E-state index is 0.843. The number of likely N-dealkylation sites (N-methyl/N-ethyl adjacent to an activating group) is 2. The minimum Gasteiger partial charge on any atom is -0.381 e. The molecule has 0 saturated carbocycles. The Morgan fingerprint density at radius 1 is 1.06 bits per heavy atom. The SMILES string of the molecule is CN(C)CCNCCN(C)CC1CCOCC1. The molecule has 0 atom stereocenters. The lowest BCUT2D eigenvalue weighted by Crippen LogP contribution is -2.36. The van der Waals surface area contributed by atoms with E-state index >= 15 is 0 Å². The first-order valence-electron chi connectivity index (χ1n) is 6.80. The Hall–Kier alpha value is -0.160. The molecule has 0 aromatic rings. The van der Waals surface area contributed by atoms with Gasteiger partial charge in [0.15, 0.2) is 0 Å². The maximum absolute atomic E-state index is 5.38. The van der Waals surface area contributed by atoms with E-state index in [2.05, 4.69) is 36.3 Å². The number of hydrogen-bond donors (Lipinski definition) is 1. The zero-order valence-electron chi connectivity index (χ0n) is 11.7. The average Bonchev–Trinajstić information content (AvgIpc) is 2.29. The lowest BCUT2D eigenvalue weighted by Gasteiger charge is -2.27. The maximum atomic E-state index is 5.38. The molecule has 4 nitrogen and oxygen atoms in total. The lowest BCUT2D eigenvalue weighted by atomic mass is 10.00. The summed E-state index contributed by atoms with van der Waals surface area (Å²) in [6.07, 6.45) is 2.47. The Bertz CT molecular complexity index is 182. The molecule has 0 bridgehead atoms. The molecular weight excluding hydrogens is 214 g/mol. The van der Waals surface area contributed by atoms with Crippen LogP contribution in [0, 0.1) is 5.92 Å². The Balaban J connectivity index is 1.95. The van der Waals surface area contributed by atoms with Gasteiger partial charge in [-0.2, -0.15) is 0 Å². The predicted molar refractivity (Wildman–Crippen MR) is 72.5 cm³/mol. The van der Waals surface area contributed by atoms with E-state index in [0.717, 1.165) is 45.3 Å². The van der Waals surface area contributed by atoms with Crippen LogP contribution >= 0.6 is 0 Å². The third-order valence-corrected chi connectivity index (χ3v) is 3.32. The van der Waals surface area contributed by atoms with Crippen molar-refractivity contribution >= 4 is 0 Å². The van der Waals surface area contributed by atoms with Crippen molar-refractivity contribution in [2.24, 2.45) is 5.92 Å². The van der Waals surface area contributed by atoms with Gasteiger partial charge in [-0.25, -0.2) is 0 Å². The van der Waals surface area contributed by atoms with Crippen LogP contribution in [0.5, 0.6) is 0 Å². The van der Waals surface area contributed by atoms with E-state index in [1.54, 1.807) is 0 Å². The number of nitrogens with zero attached hydrogens (tertiary/aromatic N) is 2. The van der Waals surface area contributed by atoms with Gasteiger partial charge in [-0.3, -0.25) is 0 Å². The highest BCUT2D eigenvalue weighted by atomic mass is 16.5. The Labute approximate surface area is 106 Å². The Morgan fingerprint density at radius 2 is 1.71 bits per heavy atom. The van der Waals surface area contributed by atoms with E-state index in [-0.39, 0.29) is 0 Å². The van der Waals surface area contributed by atoms with Crippen molar-refractivity contribution in [1.82, 2.24) is 15.1 Å². The maximum Gasteiger partial charge on any atom is 0.0469 e. The molecule has 0 aliphatic carbocycles. The molecule has 0 radical (unpaired) electrons. The third kappa shape index (κ3) is 7.71. The van der Waals surface area contributed by atoms with E-state index in [1.165, 1.54) is 19.4 Å². The normalized spacial score (nSPS) is 18.2. The molecule has 1 rings (SSSR count). The molecule has 1 aliphatic rings. The van der Waals surface area contributed by atoms with Gasteiger partial charge in [0, 0.05) is 45.9 Å². The molecule has 0 aromatic heterocycles. The van der Waals surface area contributed by atoms with Crippen molar-refractivity contribution < 1.29 is 4.74 Å². The van der Waals surface area contributed by atoms with Crippen LogP contribution in [0.2, 0.25) is 0 Å². The van der Waals surface area contributed by atoms with Crippen molar-refractivity contribution in [2.75, 3.05) is 67.1 Å². The van der Waals surface area contributed by atoms with E-state index in [1.807, 2.05) is 0 Å². The van der Waals surface area contributed by atoms with Crippen LogP contribution in [0.3, 0.4) is 0 Å². The second kappa shape index (κ2) is 8.86. The first-order valence-corrected chi connectivity index (χ1v) is 6.80. The van der Waals surface area contributed by atoms with Crippen molar-refractivity contribution in [3.8, 4) is 0 Å². The fourth-order valence-electron chi connectivity index (χ4n) is 2.16. The number of nitrogens with one attached hydrogen (secondary N) is 1. The topological polar surface area (TPSA) is 27.7 Å². The highest BCUT2D eigenvalue weighted by Gasteiger charge is 2.15. The molecule has 1 heterocycles. The van der Waals surface area contributed by atoms with E-state index in [0.29, 0.717) is 0 Å². The van der Waals surface area contributed by atoms with Crippen LogP contribution in [-0.2, 0) is 4.74 Å². The van der Waals surface area contributed by atoms with Crippen molar-refractivity contribution in [3.05, 3.63) is 0 Å². The van der Waals surface area contributed by atoms with Crippen LogP contribution in [0.25, 0.3) is 0 Å². The van der Waals surface area contributed by atoms with Crippen LogP contribution < -0.4 is 5.32 Å². The summed E-state index contributed by atoms with van der Waals surface area (Å²) in [7, 11) is 6.45. The summed E-state index contributed by atoms with van der Waals surface area (Å²) in [5.41, 5.74) is 0. The first-order chi connectivity index (χ1) is 8.18. The highest BCUT2D eigenvalue weighted by molar-refractivity contribution is 4.67. The second-order valence-electron chi connectivity index (χ2n) is 5.37. The summed E-state index contributed by atoms with van der Waals surface area (Å²) < 4.78 is 5.38. The summed E-state index contributed by atoms with van der Waals surface area (Å²) in [6.45, 7) is 7.57. The smallest absolute Gasteiger partial charge is 0.0469 e. The fourth-order valence-corrected chi connectivity index (χ4v) is 2.16. The van der Waals surface area contributed by atoms with Gasteiger partial charge >= 0.3 is 0 Å². The third-order valence-electron chi connectivity index (χ3n) is 3.32. The molecule has 1 fully saturated rings. The van der Waals surface area contributed by atoms with Crippen LogP contribution in [0.4, 0.5) is 0 Å². The summed E-state index contributed by atoms with van der Waals surface area (Å²) >= 11 is 0. The molecule has 0 amide bonds. The second-order valence-corrected chi connectivity index (χ2v) is 5.37. The Morgan fingerprint density at radius 3 is 2.35 bits per heavy atom. The summed E-state index contributed by atoms with van der Waals surface area (Å²) in [5, 5.41) is 3.48. The van der Waals surface area contributed by atoms with Gasteiger partial charge in [-0.1, -0.05) is 0 Å². The van der Waals surface area contributed by atoms with Gasteiger partial charge in [-0.05, 0) is 39.9 Å². The molecule has 17 heavy (non-hydrogen) atoms. The molecule has 1 N–H and O–H groups in total. The Kier molecular flexibility index (Phi) is 7.77. The van der Waals surface area contributed by atoms with Gasteiger partial charge in [0.2, 0.25) is 0 Å². The van der Waals surface area contributed by atoms with Crippen LogP contribution in [0.15, 0.2) is 0 Å². The predicted octanol–water partition coefficient (Wildman–Crippen LogP) is 0.496. The van der Waals surface area contributed by atoms with Gasteiger partial charge in [-0.15, -0.1) is 0 Å². The summed E-state index contributed by atoms with van der Waals surface area (Å²) in [4.78, 5) is 4.65. The van der Waals surface area contributed by atoms with E-state index in [4.69, 9.17) is 4.74 Å². The standard InChI is InChI=1S/C13H29N3O/c1-15(2)8-6-14-7-9-16(3)12-13-4-10-17-11-5-13/h13-14H,4-12H2,1-3H3. The van der Waals surface area contributed by atoms with Gasteiger partial charge in [0.25, 0.3) is 0 Å². The number of rotatable bonds is 8. The fraction of sp³-hybridized carbons (Fsp3) is 1.00. The van der Waals surface area contributed by atoms with Crippen LogP contribution in [-0.4, -0.2) is 76.9 Å². The quantitative estimate of drug-likeness (QED) is 0.628. The number of ether oxygens (including phenoxy) is 1. The van der Waals surface area contributed by atoms with Gasteiger partial charge in [0.1, 0.15) is 0 Å². The molecular formula is C13H29N3O. The van der Waals surface area contributed by atoms with Gasteiger partial charge in [0.05, 0.1) is 0 Å². The zero-order valence-corrected chi connectivity index (χ0v) is 11.7. The van der Waals surface area contributed by atoms with Crippen molar-refractivity contribution in [1.29, 1.82) is 0 Å². The largest absolute Gasteiger partial charge is 0.381 e. The minimum atomic E-state index is 0.843. The van der Waals surface area contributed by atoms with Crippen molar-refractivity contribution in [3.63, 3.8) is 0 Å². The monoisotopic (exact) mass is 243 g/mol. The molecule has 4 heteroatoms. The first kappa shape index (κ1) is 14.9. The zero-order chi connectivity index (χ0) is 12.5. The molecule has 0 unspecified atom stereocenters. The van der Waals surface area contributed by atoms with E-state index in [9.17, 15) is 0 Å². The summed E-state index contributed by atoms with van der Waals surface area (Å²) in [6, 6.07) is 0. The van der Waals surface area contributed by atoms with Crippen molar-refractivity contribution in [2.45, 2.75) is 12.8 Å². The molecule has 1 saturated heterocycles. The summed E-state index contributed by atoms with van der Waals surface area (Å²) in [5.74, 6) is 0.843. The van der Waals surface area contributed by atoms with Crippen LogP contribution in [0.1, 0.15) is 12.8 Å². The lowest BCUT2D eigenvalue weighted by molar-refractivity contribution is 0.0558. The molecule has 0 spiro atoms. The van der Waals surface area contributed by atoms with E-state index < -0.39 is 0 Å². The molecule has 1 aliphatic heterocycles. The average molecular weight is 243 g/mol. The highest BCUT2D eigenvalue weighted by Crippen LogP contribution is 2.15. The molecule has 102 valence electrons. The number of hydrogen-bond acceptors (Lipinski definition) is 4. The van der Waals surface area contributed by atoms with Gasteiger partial charge < -0.3 is 19.9 Å². The molecule has 0 aromatic carbocycles.